The third-order valence-electron chi connectivity index (χ3n) is 4.72. The van der Waals surface area contributed by atoms with Gasteiger partial charge in [-0.2, -0.15) is 0 Å². The quantitative estimate of drug-likeness (QED) is 0.360. The molecule has 0 aliphatic carbocycles. The molecular weight excluding hydrogens is 461 g/mol. The number of carbonyl (C=O) groups excluding carboxylic acids is 2. The number of amides is 2. The van der Waals surface area contributed by atoms with Gasteiger partial charge in [-0.15, -0.1) is 21.5 Å². The zero-order chi connectivity index (χ0) is 23.2. The minimum Gasteiger partial charge on any atom is -0.325 e. The molecule has 0 aliphatic heterocycles. The summed E-state index contributed by atoms with van der Waals surface area (Å²) in [6, 6.07) is 16.2. The van der Waals surface area contributed by atoms with E-state index < -0.39 is 5.91 Å². The summed E-state index contributed by atoms with van der Waals surface area (Å²) in [6.07, 6.45) is 0.685. The Morgan fingerprint density at radius 1 is 1.03 bits per heavy atom. The summed E-state index contributed by atoms with van der Waals surface area (Å²) in [5.41, 5.74) is 1.15. The maximum atomic E-state index is 13.1. The van der Waals surface area contributed by atoms with Crippen molar-refractivity contribution in [1.82, 2.24) is 14.8 Å². The molecule has 7 nitrogen and oxygen atoms in total. The largest absolute Gasteiger partial charge is 0.325 e. The van der Waals surface area contributed by atoms with Gasteiger partial charge in [-0.05, 0) is 47.8 Å². The van der Waals surface area contributed by atoms with E-state index in [-0.39, 0.29) is 17.5 Å². The van der Waals surface area contributed by atoms with Crippen LogP contribution in [0.4, 0.5) is 15.8 Å². The third kappa shape index (κ3) is 5.85. The highest BCUT2D eigenvalue weighted by molar-refractivity contribution is 7.99. The van der Waals surface area contributed by atoms with E-state index in [1.807, 2.05) is 29.1 Å². The molecule has 0 bridgehead atoms. The van der Waals surface area contributed by atoms with Crippen molar-refractivity contribution >= 4 is 46.3 Å². The first-order valence-corrected chi connectivity index (χ1v) is 11.9. The number of nitrogens with zero attached hydrogens (tertiary/aromatic N) is 3. The minimum atomic E-state index is -0.406. The van der Waals surface area contributed by atoms with Crippen LogP contribution in [-0.2, 0) is 18.3 Å². The number of hydrogen-bond acceptors (Lipinski definition) is 6. The van der Waals surface area contributed by atoms with Crippen LogP contribution in [-0.4, -0.2) is 32.3 Å². The van der Waals surface area contributed by atoms with Crippen LogP contribution in [0.5, 0.6) is 0 Å². The van der Waals surface area contributed by atoms with Gasteiger partial charge in [-0.25, -0.2) is 4.39 Å². The van der Waals surface area contributed by atoms with Crippen molar-refractivity contribution in [3.63, 3.8) is 0 Å². The SMILES string of the molecule is Cn1c(Cc2cccs2)nnc1SCC(=O)Nc1ccccc1C(=O)Nc1ccc(F)cc1. The Balaban J connectivity index is 1.37. The van der Waals surface area contributed by atoms with Crippen molar-refractivity contribution in [2.45, 2.75) is 11.6 Å². The molecule has 2 amide bonds. The van der Waals surface area contributed by atoms with Gasteiger partial charge < -0.3 is 15.2 Å². The number of carbonyl (C=O) groups is 2. The summed E-state index contributed by atoms with van der Waals surface area (Å²) in [5.74, 6) is -0.136. The molecule has 0 spiro atoms. The predicted octanol–water partition coefficient (Wildman–Crippen LogP) is 4.59. The summed E-state index contributed by atoms with van der Waals surface area (Å²) in [4.78, 5) is 26.4. The molecule has 33 heavy (non-hydrogen) atoms. The molecule has 4 aromatic rings. The fourth-order valence-electron chi connectivity index (χ4n) is 3.03. The van der Waals surface area contributed by atoms with E-state index in [2.05, 4.69) is 20.8 Å². The first-order chi connectivity index (χ1) is 16.0. The van der Waals surface area contributed by atoms with Crippen molar-refractivity contribution in [3.05, 3.63) is 88.1 Å². The predicted molar refractivity (Wildman–Crippen MR) is 128 cm³/mol. The Hall–Kier alpha value is -3.50. The van der Waals surface area contributed by atoms with Crippen LogP contribution in [0.2, 0.25) is 0 Å². The zero-order valence-electron chi connectivity index (χ0n) is 17.6. The number of aromatic nitrogens is 3. The highest BCUT2D eigenvalue weighted by Crippen LogP contribution is 2.21. The van der Waals surface area contributed by atoms with Crippen LogP contribution < -0.4 is 10.6 Å². The van der Waals surface area contributed by atoms with E-state index >= 15 is 0 Å². The van der Waals surface area contributed by atoms with E-state index in [9.17, 15) is 14.0 Å². The summed E-state index contributed by atoms with van der Waals surface area (Å²) in [7, 11) is 1.87. The van der Waals surface area contributed by atoms with Crippen molar-refractivity contribution in [2.24, 2.45) is 7.05 Å². The average molecular weight is 482 g/mol. The smallest absolute Gasteiger partial charge is 0.257 e. The number of nitrogens with one attached hydrogen (secondary N) is 2. The molecule has 4 rings (SSSR count). The number of para-hydroxylation sites is 1. The lowest BCUT2D eigenvalue weighted by Crippen LogP contribution is -2.19. The molecule has 0 aliphatic rings. The molecule has 2 N–H and O–H groups in total. The van der Waals surface area contributed by atoms with Crippen molar-refractivity contribution in [1.29, 1.82) is 0 Å². The second-order valence-corrected chi connectivity index (χ2v) is 9.03. The number of thioether (sulfide) groups is 1. The van der Waals surface area contributed by atoms with Gasteiger partial charge in [-0.3, -0.25) is 9.59 Å². The fraction of sp³-hybridized carbons (Fsp3) is 0.130. The molecule has 10 heteroatoms. The monoisotopic (exact) mass is 481 g/mol. The average Bonchev–Trinajstić information content (AvgIpc) is 3.45. The van der Waals surface area contributed by atoms with Crippen LogP contribution >= 0.6 is 23.1 Å². The molecule has 2 aromatic carbocycles. The van der Waals surface area contributed by atoms with Gasteiger partial charge in [0.25, 0.3) is 5.91 Å². The molecule has 2 heterocycles. The van der Waals surface area contributed by atoms with E-state index in [0.717, 1.165) is 5.82 Å². The number of thiophene rings is 1. The molecule has 0 fully saturated rings. The van der Waals surface area contributed by atoms with Crippen LogP contribution in [0, 0.1) is 5.82 Å². The lowest BCUT2D eigenvalue weighted by atomic mass is 10.1. The summed E-state index contributed by atoms with van der Waals surface area (Å²) >= 11 is 2.93. The van der Waals surface area contributed by atoms with Gasteiger partial charge in [-0.1, -0.05) is 30.0 Å². The van der Waals surface area contributed by atoms with Gasteiger partial charge in [0.2, 0.25) is 5.91 Å². The molecule has 0 saturated carbocycles. The number of halogens is 1. The molecule has 0 atom stereocenters. The summed E-state index contributed by atoms with van der Waals surface area (Å²) in [5, 5.41) is 16.6. The summed E-state index contributed by atoms with van der Waals surface area (Å²) in [6.45, 7) is 0. The Morgan fingerprint density at radius 3 is 2.58 bits per heavy atom. The van der Waals surface area contributed by atoms with E-state index in [0.29, 0.717) is 28.5 Å². The van der Waals surface area contributed by atoms with Crippen LogP contribution in [0.3, 0.4) is 0 Å². The maximum absolute atomic E-state index is 13.1. The first-order valence-electron chi connectivity index (χ1n) is 9.99. The Labute approximate surface area is 198 Å². The second-order valence-electron chi connectivity index (χ2n) is 7.06. The Morgan fingerprint density at radius 2 is 1.82 bits per heavy atom. The van der Waals surface area contributed by atoms with Gasteiger partial charge in [0, 0.05) is 24.0 Å². The van der Waals surface area contributed by atoms with E-state index in [1.54, 1.807) is 35.6 Å². The zero-order valence-corrected chi connectivity index (χ0v) is 19.3. The number of benzene rings is 2. The Kier molecular flexibility index (Phi) is 7.16. The van der Waals surface area contributed by atoms with Crippen LogP contribution in [0.25, 0.3) is 0 Å². The van der Waals surface area contributed by atoms with Crippen molar-refractivity contribution in [2.75, 3.05) is 16.4 Å². The van der Waals surface area contributed by atoms with Crippen LogP contribution in [0.15, 0.2) is 71.2 Å². The van der Waals surface area contributed by atoms with Gasteiger partial charge >= 0.3 is 0 Å². The highest BCUT2D eigenvalue weighted by atomic mass is 32.2. The number of rotatable bonds is 8. The minimum absolute atomic E-state index is 0.110. The van der Waals surface area contributed by atoms with Gasteiger partial charge in [0.1, 0.15) is 11.6 Å². The highest BCUT2D eigenvalue weighted by Gasteiger charge is 2.16. The lowest BCUT2D eigenvalue weighted by Gasteiger charge is -2.11. The second kappa shape index (κ2) is 10.4. The molecule has 0 radical (unpaired) electrons. The van der Waals surface area contributed by atoms with Crippen molar-refractivity contribution < 1.29 is 14.0 Å². The molecule has 0 saturated heterocycles. The number of anilines is 2. The van der Waals surface area contributed by atoms with E-state index in [1.165, 1.54) is 40.9 Å². The van der Waals surface area contributed by atoms with Crippen molar-refractivity contribution in [3.8, 4) is 0 Å². The van der Waals surface area contributed by atoms with Crippen LogP contribution in [0.1, 0.15) is 21.1 Å². The third-order valence-corrected chi connectivity index (χ3v) is 6.61. The lowest BCUT2D eigenvalue weighted by molar-refractivity contribution is -0.113. The molecule has 168 valence electrons. The molecular formula is C23H20FN5O2S2. The Bertz CT molecular complexity index is 1260. The fourth-order valence-corrected chi connectivity index (χ4v) is 4.46. The topological polar surface area (TPSA) is 88.9 Å². The maximum Gasteiger partial charge on any atom is 0.257 e. The van der Waals surface area contributed by atoms with Gasteiger partial charge in [0.15, 0.2) is 5.16 Å². The van der Waals surface area contributed by atoms with E-state index in [4.69, 9.17) is 0 Å². The normalized spacial score (nSPS) is 10.7. The summed E-state index contributed by atoms with van der Waals surface area (Å²) < 4.78 is 15.0. The molecule has 0 unspecified atom stereocenters. The molecule has 2 aromatic heterocycles. The number of hydrogen-bond donors (Lipinski definition) is 2. The van der Waals surface area contributed by atoms with Gasteiger partial charge in [0.05, 0.1) is 17.0 Å². The first kappa shape index (κ1) is 22.7. The standard InChI is InChI=1S/C23H20FN5O2S2/c1-29-20(13-17-5-4-12-32-17)27-28-23(29)33-14-21(30)26-19-7-3-2-6-18(19)22(31)25-16-10-8-15(24)9-11-16/h2-12H,13-14H2,1H3,(H,25,31)(H,26,30).